The van der Waals surface area contributed by atoms with Crippen molar-refractivity contribution in [2.45, 2.75) is 50.0 Å². The molecule has 6 rings (SSSR count). The molecule has 0 bridgehead atoms. The fourth-order valence-electron chi connectivity index (χ4n) is 6.81. The van der Waals surface area contributed by atoms with Gasteiger partial charge in [0.05, 0.1) is 36.1 Å². The molecule has 0 spiro atoms. The molecule has 238 valence electrons. The third-order valence-corrected chi connectivity index (χ3v) is 10.7. The van der Waals surface area contributed by atoms with Gasteiger partial charge in [-0.15, -0.1) is 0 Å². The zero-order chi connectivity index (χ0) is 32.0. The van der Waals surface area contributed by atoms with Crippen LogP contribution in [0.4, 0.5) is 0 Å². The fraction of sp³-hybridized carbons (Fsp3) is 0.316. The van der Waals surface area contributed by atoms with E-state index in [0.29, 0.717) is 25.7 Å². The second-order valence-electron chi connectivity index (χ2n) is 12.5. The van der Waals surface area contributed by atoms with Crippen molar-refractivity contribution in [2.75, 3.05) is 11.5 Å². The number of benzene rings is 4. The van der Waals surface area contributed by atoms with Gasteiger partial charge >= 0.3 is 0 Å². The lowest BCUT2D eigenvalue weighted by molar-refractivity contribution is -0.126. The van der Waals surface area contributed by atoms with Crippen LogP contribution in [0.3, 0.4) is 0 Å². The summed E-state index contributed by atoms with van der Waals surface area (Å²) in [6.07, 6.45) is 0.214. The maximum Gasteiger partial charge on any atom is 0.224 e. The highest BCUT2D eigenvalue weighted by Crippen LogP contribution is 2.33. The zero-order valence-corrected chi connectivity index (χ0v) is 26.4. The van der Waals surface area contributed by atoms with Gasteiger partial charge in [-0.3, -0.25) is 13.8 Å². The molecule has 0 aromatic heterocycles. The largest absolute Gasteiger partial charge is 0.390 e. The monoisotopic (exact) mass is 636 g/mol. The quantitative estimate of drug-likeness (QED) is 0.188. The van der Waals surface area contributed by atoms with E-state index in [1.807, 2.05) is 109 Å². The zero-order valence-electron chi connectivity index (χ0n) is 25.6. The second kappa shape index (κ2) is 14.5. The average molecular weight is 637 g/mol. The molecule has 8 heteroatoms. The molecule has 4 aromatic rings. The first-order chi connectivity index (χ1) is 22.4. The lowest BCUT2D eigenvalue weighted by Crippen LogP contribution is -2.42. The van der Waals surface area contributed by atoms with Crippen molar-refractivity contribution in [1.29, 1.82) is 0 Å². The van der Waals surface area contributed by atoms with Crippen LogP contribution in [0.15, 0.2) is 109 Å². The third kappa shape index (κ3) is 7.47. The van der Waals surface area contributed by atoms with Crippen LogP contribution in [0.1, 0.15) is 45.5 Å². The molecule has 2 aliphatic carbocycles. The number of rotatable bonds is 12. The molecule has 0 saturated heterocycles. The van der Waals surface area contributed by atoms with E-state index in [1.165, 1.54) is 0 Å². The minimum Gasteiger partial charge on any atom is -0.390 e. The van der Waals surface area contributed by atoms with Crippen molar-refractivity contribution >= 4 is 22.6 Å². The van der Waals surface area contributed by atoms with Crippen molar-refractivity contribution in [3.05, 3.63) is 143 Å². The summed E-state index contributed by atoms with van der Waals surface area (Å²) < 4.78 is 13.9. The van der Waals surface area contributed by atoms with Gasteiger partial charge in [0.1, 0.15) is 0 Å². The number of fused-ring (bicyclic) bond motifs is 2. The molecule has 2 amide bonds. The standard InChI is InChI=1S/C38H40N2O5S/c41-33-21-27-15-7-9-17-31(27)35(33)39-37(43)29(19-25-11-3-1-4-12-25)23-46(45)24-30(20-26-13-5-2-6-14-26)38(44)40-36-32-18-10-8-16-28(32)22-34(36)42/h1-18,29-30,33-36,41-42H,19-24H2,(H,39,43)(H,40,44)/t29-,30-,33-,34-,35+,36+/m0/s1. The van der Waals surface area contributed by atoms with E-state index in [2.05, 4.69) is 10.6 Å². The van der Waals surface area contributed by atoms with Gasteiger partial charge in [-0.1, -0.05) is 109 Å². The molecule has 0 fully saturated rings. The molecule has 0 radical (unpaired) electrons. The normalized spacial score (nSPS) is 21.3. The molecule has 0 saturated carbocycles. The molecule has 46 heavy (non-hydrogen) atoms. The van der Waals surface area contributed by atoms with E-state index in [1.54, 1.807) is 0 Å². The summed E-state index contributed by atoms with van der Waals surface area (Å²) in [6, 6.07) is 33.6. The van der Waals surface area contributed by atoms with Gasteiger partial charge in [0.15, 0.2) is 0 Å². The van der Waals surface area contributed by atoms with Crippen LogP contribution < -0.4 is 10.6 Å². The molecule has 6 atom stereocenters. The maximum absolute atomic E-state index is 13.9. The van der Waals surface area contributed by atoms with E-state index in [9.17, 15) is 24.0 Å². The molecule has 0 unspecified atom stereocenters. The number of carbonyl (C=O) groups excluding carboxylic acids is 2. The Balaban J connectivity index is 1.19. The van der Waals surface area contributed by atoms with E-state index in [-0.39, 0.29) is 23.3 Å². The van der Waals surface area contributed by atoms with E-state index < -0.39 is 46.9 Å². The summed E-state index contributed by atoms with van der Waals surface area (Å²) in [5.74, 6) is -1.67. The number of aliphatic hydroxyl groups excluding tert-OH is 2. The lowest BCUT2D eigenvalue weighted by Gasteiger charge is -2.25. The minimum absolute atomic E-state index is 0.0681. The molecule has 2 aliphatic rings. The van der Waals surface area contributed by atoms with Crippen molar-refractivity contribution in [3.63, 3.8) is 0 Å². The highest BCUT2D eigenvalue weighted by molar-refractivity contribution is 7.85. The van der Waals surface area contributed by atoms with Gasteiger partial charge in [0.2, 0.25) is 11.8 Å². The number of amides is 2. The Morgan fingerprint density at radius 3 is 1.39 bits per heavy atom. The van der Waals surface area contributed by atoms with Crippen LogP contribution in [-0.2, 0) is 46.1 Å². The SMILES string of the molecule is O=C(N[C@@H]1c2ccccc2C[C@@H]1O)[C@@H](Cc1ccccc1)CS(=O)C[C@H](Cc1ccccc1)C(=O)N[C@@H]1c2ccccc2C[C@@H]1O. The predicted octanol–water partition coefficient (Wildman–Crippen LogP) is 4.00. The summed E-state index contributed by atoms with van der Waals surface area (Å²) >= 11 is 0. The molecule has 4 N–H and O–H groups in total. The number of nitrogens with one attached hydrogen (secondary N) is 2. The molecule has 0 aliphatic heterocycles. The Morgan fingerprint density at radius 2 is 0.978 bits per heavy atom. The highest BCUT2D eigenvalue weighted by atomic mass is 32.2. The summed E-state index contributed by atoms with van der Waals surface area (Å²) in [4.78, 5) is 27.6. The smallest absolute Gasteiger partial charge is 0.224 e. The van der Waals surface area contributed by atoms with Gasteiger partial charge in [0, 0.05) is 35.1 Å². The first kappa shape index (κ1) is 31.9. The summed E-state index contributed by atoms with van der Waals surface area (Å²) in [5.41, 5.74) is 5.71. The number of aliphatic hydroxyl groups is 2. The van der Waals surface area contributed by atoms with E-state index in [0.717, 1.165) is 33.4 Å². The molecule has 0 heterocycles. The molecule has 4 aromatic carbocycles. The Kier molecular flexibility index (Phi) is 10.1. The first-order valence-corrected chi connectivity index (χ1v) is 17.4. The van der Waals surface area contributed by atoms with Crippen molar-refractivity contribution < 1.29 is 24.0 Å². The number of hydrogen-bond donors (Lipinski definition) is 4. The van der Waals surface area contributed by atoms with Gasteiger partial charge in [-0.2, -0.15) is 0 Å². The minimum atomic E-state index is -1.53. The summed E-state index contributed by atoms with van der Waals surface area (Å²) in [6.45, 7) is 0. The van der Waals surface area contributed by atoms with Gasteiger partial charge in [-0.05, 0) is 46.2 Å². The van der Waals surface area contributed by atoms with E-state index >= 15 is 0 Å². The van der Waals surface area contributed by atoms with Crippen molar-refractivity contribution in [3.8, 4) is 0 Å². The Morgan fingerprint density at radius 1 is 0.609 bits per heavy atom. The topological polar surface area (TPSA) is 116 Å². The van der Waals surface area contributed by atoms with Gasteiger partial charge in [-0.25, -0.2) is 0 Å². The fourth-order valence-corrected chi connectivity index (χ4v) is 8.38. The average Bonchev–Trinajstić information content (AvgIpc) is 3.55. The van der Waals surface area contributed by atoms with Crippen LogP contribution in [0.5, 0.6) is 0 Å². The molecular formula is C38H40N2O5S. The molecule has 7 nitrogen and oxygen atoms in total. The van der Waals surface area contributed by atoms with Crippen LogP contribution in [0.2, 0.25) is 0 Å². The maximum atomic E-state index is 13.9. The Hall–Kier alpha value is -4.11. The first-order valence-electron chi connectivity index (χ1n) is 15.9. The summed E-state index contributed by atoms with van der Waals surface area (Å²) in [5, 5.41) is 27.7. The van der Waals surface area contributed by atoms with Crippen LogP contribution >= 0.6 is 0 Å². The number of hydrogen-bond acceptors (Lipinski definition) is 5. The predicted molar refractivity (Wildman–Crippen MR) is 179 cm³/mol. The van der Waals surface area contributed by atoms with Gasteiger partial charge < -0.3 is 20.8 Å². The highest BCUT2D eigenvalue weighted by Gasteiger charge is 2.36. The van der Waals surface area contributed by atoms with E-state index in [4.69, 9.17) is 0 Å². The number of carbonyl (C=O) groups is 2. The van der Waals surface area contributed by atoms with Gasteiger partial charge in [0.25, 0.3) is 0 Å². The Bertz CT molecular complexity index is 1560. The van der Waals surface area contributed by atoms with Crippen LogP contribution in [0.25, 0.3) is 0 Å². The van der Waals surface area contributed by atoms with Crippen LogP contribution in [-0.4, -0.2) is 49.9 Å². The van der Waals surface area contributed by atoms with Crippen molar-refractivity contribution in [1.82, 2.24) is 10.6 Å². The molecular weight excluding hydrogens is 596 g/mol. The van der Waals surface area contributed by atoms with Crippen molar-refractivity contribution in [2.24, 2.45) is 11.8 Å². The van der Waals surface area contributed by atoms with Crippen LogP contribution in [0, 0.1) is 11.8 Å². The lowest BCUT2D eigenvalue weighted by atomic mass is 9.98. The Labute approximate surface area is 272 Å². The second-order valence-corrected chi connectivity index (χ2v) is 14.0. The third-order valence-electron chi connectivity index (χ3n) is 9.17. The summed E-state index contributed by atoms with van der Waals surface area (Å²) in [7, 11) is -1.53.